The number of methoxy groups -OCH3 is 1. The van der Waals surface area contributed by atoms with Crippen molar-refractivity contribution in [3.8, 4) is 17.0 Å². The van der Waals surface area contributed by atoms with Gasteiger partial charge in [-0.05, 0) is 43.5 Å². The molecule has 0 bridgehead atoms. The van der Waals surface area contributed by atoms with Gasteiger partial charge in [0.05, 0.1) is 19.0 Å². The standard InChI is InChI=1S/C14H16N2O3/c1-7-5-11(19-4)8(2)9(3)12(7)10-6-15-13(16-10)14(17)18/h5-6H,1-4H3,(H,15,16)(H,17,18). The molecule has 5 heteroatoms. The SMILES string of the molecule is COc1cc(C)c(-c2cnc(C(=O)O)[nH]2)c(C)c1C. The van der Waals surface area contributed by atoms with Crippen molar-refractivity contribution in [2.75, 3.05) is 7.11 Å². The Morgan fingerprint density at radius 3 is 2.53 bits per heavy atom. The second-order valence-corrected chi connectivity index (χ2v) is 4.47. The van der Waals surface area contributed by atoms with Gasteiger partial charge >= 0.3 is 5.97 Å². The van der Waals surface area contributed by atoms with Gasteiger partial charge in [-0.2, -0.15) is 0 Å². The van der Waals surface area contributed by atoms with Gasteiger partial charge in [-0.3, -0.25) is 0 Å². The topological polar surface area (TPSA) is 75.2 Å². The first-order valence-electron chi connectivity index (χ1n) is 5.89. The minimum atomic E-state index is -1.06. The normalized spacial score (nSPS) is 10.5. The molecule has 2 N–H and O–H groups in total. The van der Waals surface area contributed by atoms with Crippen LogP contribution in [0.2, 0.25) is 0 Å². The number of hydrogen-bond donors (Lipinski definition) is 2. The molecule has 0 atom stereocenters. The molecule has 19 heavy (non-hydrogen) atoms. The monoisotopic (exact) mass is 260 g/mol. The van der Waals surface area contributed by atoms with Crippen molar-refractivity contribution >= 4 is 5.97 Å². The lowest BCUT2D eigenvalue weighted by molar-refractivity contribution is 0.0685. The maximum absolute atomic E-state index is 10.9. The van der Waals surface area contributed by atoms with E-state index in [0.29, 0.717) is 5.69 Å². The zero-order valence-electron chi connectivity index (χ0n) is 11.4. The summed E-state index contributed by atoms with van der Waals surface area (Å²) in [4.78, 5) is 17.6. The number of H-pyrrole nitrogens is 1. The molecule has 0 unspecified atom stereocenters. The van der Waals surface area contributed by atoms with Crippen LogP contribution in [0.1, 0.15) is 27.3 Å². The highest BCUT2D eigenvalue weighted by Gasteiger charge is 2.16. The highest BCUT2D eigenvalue weighted by molar-refractivity contribution is 5.84. The van der Waals surface area contributed by atoms with E-state index in [9.17, 15) is 4.79 Å². The van der Waals surface area contributed by atoms with Gasteiger partial charge in [0.1, 0.15) is 5.75 Å². The number of benzene rings is 1. The smallest absolute Gasteiger partial charge is 0.371 e. The van der Waals surface area contributed by atoms with E-state index in [2.05, 4.69) is 9.97 Å². The van der Waals surface area contributed by atoms with E-state index in [4.69, 9.17) is 9.84 Å². The van der Waals surface area contributed by atoms with E-state index in [1.807, 2.05) is 26.8 Å². The lowest BCUT2D eigenvalue weighted by atomic mass is 9.95. The van der Waals surface area contributed by atoms with Crippen molar-refractivity contribution in [2.24, 2.45) is 0 Å². The number of aryl methyl sites for hydroxylation is 1. The van der Waals surface area contributed by atoms with Gasteiger partial charge < -0.3 is 14.8 Å². The molecule has 0 aliphatic carbocycles. The van der Waals surface area contributed by atoms with Crippen LogP contribution in [0, 0.1) is 20.8 Å². The summed E-state index contributed by atoms with van der Waals surface area (Å²) in [6, 6.07) is 1.94. The third-order valence-electron chi connectivity index (χ3n) is 3.32. The third kappa shape index (κ3) is 2.19. The van der Waals surface area contributed by atoms with Crippen molar-refractivity contribution in [1.29, 1.82) is 0 Å². The number of imidazole rings is 1. The molecule has 0 aliphatic rings. The van der Waals surface area contributed by atoms with E-state index >= 15 is 0 Å². The summed E-state index contributed by atoms with van der Waals surface area (Å²) in [5, 5.41) is 8.91. The van der Waals surface area contributed by atoms with Gasteiger partial charge in [0.15, 0.2) is 0 Å². The first-order valence-corrected chi connectivity index (χ1v) is 5.89. The summed E-state index contributed by atoms with van der Waals surface area (Å²) in [6.07, 6.45) is 1.55. The maximum Gasteiger partial charge on any atom is 0.371 e. The van der Waals surface area contributed by atoms with Crippen molar-refractivity contribution in [3.63, 3.8) is 0 Å². The van der Waals surface area contributed by atoms with Crippen LogP contribution in [-0.2, 0) is 0 Å². The fourth-order valence-corrected chi connectivity index (χ4v) is 2.23. The van der Waals surface area contributed by atoms with Crippen LogP contribution in [0.4, 0.5) is 0 Å². The summed E-state index contributed by atoms with van der Waals surface area (Å²) < 4.78 is 5.32. The molecular formula is C14H16N2O3. The highest BCUT2D eigenvalue weighted by atomic mass is 16.5. The van der Waals surface area contributed by atoms with E-state index in [-0.39, 0.29) is 5.82 Å². The van der Waals surface area contributed by atoms with Crippen molar-refractivity contribution in [3.05, 3.63) is 34.8 Å². The average molecular weight is 260 g/mol. The summed E-state index contributed by atoms with van der Waals surface area (Å²) in [5.74, 6) is -0.286. The Balaban J connectivity index is 2.61. The number of aromatic amines is 1. The molecular weight excluding hydrogens is 244 g/mol. The van der Waals surface area contributed by atoms with E-state index < -0.39 is 5.97 Å². The molecule has 0 spiro atoms. The molecule has 2 aromatic rings. The number of nitrogens with zero attached hydrogens (tertiary/aromatic N) is 1. The summed E-state index contributed by atoms with van der Waals surface area (Å²) >= 11 is 0. The molecule has 0 amide bonds. The summed E-state index contributed by atoms with van der Waals surface area (Å²) in [7, 11) is 1.64. The molecule has 1 aromatic carbocycles. The first-order chi connectivity index (χ1) is 8.95. The highest BCUT2D eigenvalue weighted by Crippen LogP contribution is 2.33. The van der Waals surface area contributed by atoms with Gasteiger partial charge in [0.25, 0.3) is 0 Å². The molecule has 1 aromatic heterocycles. The second-order valence-electron chi connectivity index (χ2n) is 4.47. The predicted molar refractivity (Wildman–Crippen MR) is 71.7 cm³/mol. The van der Waals surface area contributed by atoms with Crippen molar-refractivity contribution < 1.29 is 14.6 Å². The number of carbonyl (C=O) groups is 1. The molecule has 0 aliphatic heterocycles. The Hall–Kier alpha value is -2.30. The Labute approximate surface area is 111 Å². The maximum atomic E-state index is 10.9. The first kappa shape index (κ1) is 13.1. The third-order valence-corrected chi connectivity index (χ3v) is 3.32. The molecule has 2 rings (SSSR count). The number of ether oxygens (including phenoxy) is 1. The van der Waals surface area contributed by atoms with Crippen LogP contribution < -0.4 is 4.74 Å². The molecule has 0 saturated heterocycles. The number of carboxylic acids is 1. The Bertz CT molecular complexity index is 644. The van der Waals surface area contributed by atoms with E-state index in [0.717, 1.165) is 28.0 Å². The average Bonchev–Trinajstić information content (AvgIpc) is 2.83. The largest absolute Gasteiger partial charge is 0.496 e. The van der Waals surface area contributed by atoms with Gasteiger partial charge in [-0.25, -0.2) is 9.78 Å². The van der Waals surface area contributed by atoms with E-state index in [1.165, 1.54) is 0 Å². The van der Waals surface area contributed by atoms with Crippen LogP contribution in [0.15, 0.2) is 12.3 Å². The Morgan fingerprint density at radius 1 is 1.32 bits per heavy atom. The molecule has 0 fully saturated rings. The van der Waals surface area contributed by atoms with Gasteiger partial charge in [-0.1, -0.05) is 0 Å². The molecule has 0 radical (unpaired) electrons. The van der Waals surface area contributed by atoms with Crippen LogP contribution in [0.3, 0.4) is 0 Å². The van der Waals surface area contributed by atoms with Crippen molar-refractivity contribution in [2.45, 2.75) is 20.8 Å². The molecule has 0 saturated carbocycles. The number of rotatable bonds is 3. The zero-order valence-corrected chi connectivity index (χ0v) is 11.4. The minimum absolute atomic E-state index is 0.0535. The number of nitrogens with one attached hydrogen (secondary N) is 1. The Morgan fingerprint density at radius 2 is 2.00 bits per heavy atom. The lowest BCUT2D eigenvalue weighted by Crippen LogP contribution is -1.99. The van der Waals surface area contributed by atoms with Crippen molar-refractivity contribution in [1.82, 2.24) is 9.97 Å². The summed E-state index contributed by atoms with van der Waals surface area (Å²) in [6.45, 7) is 5.93. The predicted octanol–water partition coefficient (Wildman–Crippen LogP) is 2.71. The lowest BCUT2D eigenvalue weighted by Gasteiger charge is -2.14. The van der Waals surface area contributed by atoms with Gasteiger partial charge in [0, 0.05) is 5.56 Å². The zero-order chi connectivity index (χ0) is 14.2. The van der Waals surface area contributed by atoms with Crippen LogP contribution in [-0.4, -0.2) is 28.2 Å². The number of hydrogen-bond acceptors (Lipinski definition) is 3. The minimum Gasteiger partial charge on any atom is -0.496 e. The van der Waals surface area contributed by atoms with E-state index in [1.54, 1.807) is 13.3 Å². The number of carboxylic acid groups (broad SMARTS) is 1. The van der Waals surface area contributed by atoms with Gasteiger partial charge in [0.2, 0.25) is 5.82 Å². The second kappa shape index (κ2) is 4.76. The molecule has 100 valence electrons. The van der Waals surface area contributed by atoms with Crippen LogP contribution >= 0.6 is 0 Å². The molecule has 1 heterocycles. The van der Waals surface area contributed by atoms with Crippen LogP contribution in [0.5, 0.6) is 5.75 Å². The number of aromatic carboxylic acids is 1. The molecule has 5 nitrogen and oxygen atoms in total. The summed E-state index contributed by atoms with van der Waals surface area (Å²) in [5.41, 5.74) is 4.78. The fraction of sp³-hybridized carbons (Fsp3) is 0.286. The fourth-order valence-electron chi connectivity index (χ4n) is 2.23. The van der Waals surface area contributed by atoms with Gasteiger partial charge in [-0.15, -0.1) is 0 Å². The quantitative estimate of drug-likeness (QED) is 0.889. The Kier molecular flexibility index (Phi) is 3.29. The van der Waals surface area contributed by atoms with Crippen LogP contribution in [0.25, 0.3) is 11.3 Å². The number of aromatic nitrogens is 2.